The average molecular weight is 303 g/mol. The second kappa shape index (κ2) is 10.1. The highest BCUT2D eigenvalue weighted by atomic mass is 16.5. The fourth-order valence-electron chi connectivity index (χ4n) is 2.07. The molecule has 0 heterocycles. The van der Waals surface area contributed by atoms with Crippen molar-refractivity contribution in [3.63, 3.8) is 0 Å². The van der Waals surface area contributed by atoms with Crippen molar-refractivity contribution in [3.05, 3.63) is 0 Å². The molecule has 1 atom stereocenters. The number of rotatable bonds is 12. The molecule has 0 aliphatic heterocycles. The summed E-state index contributed by atoms with van der Waals surface area (Å²) in [4.78, 5) is 11.5. The van der Waals surface area contributed by atoms with Gasteiger partial charge in [-0.2, -0.15) is 0 Å². The maximum atomic E-state index is 11.5. The molecule has 1 unspecified atom stereocenters. The van der Waals surface area contributed by atoms with Gasteiger partial charge in [0, 0.05) is 6.61 Å². The topological polar surface area (TPSA) is 67.8 Å². The van der Waals surface area contributed by atoms with Crippen molar-refractivity contribution in [2.24, 2.45) is 0 Å². The lowest BCUT2D eigenvalue weighted by atomic mass is 9.90. The number of hydrogen-bond donors (Lipinski definition) is 2. The molecular formula is C16H33NO4. The summed E-state index contributed by atoms with van der Waals surface area (Å²) in [6.07, 6.45) is 2.82. The van der Waals surface area contributed by atoms with Crippen LogP contribution in [-0.2, 0) is 14.3 Å². The summed E-state index contributed by atoms with van der Waals surface area (Å²) in [6, 6.07) is 0. The first-order chi connectivity index (χ1) is 9.77. The number of carbonyl (C=O) groups is 1. The molecule has 0 saturated heterocycles. The molecule has 0 rings (SSSR count). The van der Waals surface area contributed by atoms with E-state index < -0.39 is 11.5 Å². The van der Waals surface area contributed by atoms with Gasteiger partial charge in [-0.05, 0) is 53.0 Å². The number of carboxylic acid groups (broad SMARTS) is 1. The summed E-state index contributed by atoms with van der Waals surface area (Å²) in [6.45, 7) is 12.4. The zero-order valence-corrected chi connectivity index (χ0v) is 14.3. The number of aliphatic carboxylic acids is 1. The molecule has 126 valence electrons. The SMILES string of the molecule is CCCNC(CC)(CCCOCCOC(C)(C)C)C(=O)O. The monoisotopic (exact) mass is 303 g/mol. The Hall–Kier alpha value is -0.650. The summed E-state index contributed by atoms with van der Waals surface area (Å²) < 4.78 is 11.1. The predicted molar refractivity (Wildman–Crippen MR) is 84.7 cm³/mol. The van der Waals surface area contributed by atoms with Crippen LogP contribution in [0.5, 0.6) is 0 Å². The van der Waals surface area contributed by atoms with Gasteiger partial charge in [0.1, 0.15) is 5.54 Å². The van der Waals surface area contributed by atoms with E-state index in [1.165, 1.54) is 0 Å². The molecule has 5 heteroatoms. The van der Waals surface area contributed by atoms with Crippen LogP contribution in [0.4, 0.5) is 0 Å². The zero-order chi connectivity index (χ0) is 16.4. The molecular weight excluding hydrogens is 270 g/mol. The molecule has 0 bridgehead atoms. The van der Waals surface area contributed by atoms with Crippen LogP contribution in [0.3, 0.4) is 0 Å². The fraction of sp³-hybridized carbons (Fsp3) is 0.938. The standard InChI is InChI=1S/C16H33NO4/c1-6-10-17-16(7-2,14(18)19)9-8-11-20-12-13-21-15(3,4)5/h17H,6-13H2,1-5H3,(H,18,19). The second-order valence-electron chi connectivity index (χ2n) is 6.34. The van der Waals surface area contributed by atoms with Gasteiger partial charge in [0.15, 0.2) is 0 Å². The highest BCUT2D eigenvalue weighted by Crippen LogP contribution is 2.18. The Labute approximate surface area is 129 Å². The van der Waals surface area contributed by atoms with Gasteiger partial charge in [0.2, 0.25) is 0 Å². The van der Waals surface area contributed by atoms with Gasteiger partial charge in [0.25, 0.3) is 0 Å². The molecule has 0 aromatic heterocycles. The molecule has 2 N–H and O–H groups in total. The summed E-state index contributed by atoms with van der Waals surface area (Å²) in [5, 5.41) is 12.6. The van der Waals surface area contributed by atoms with Crippen LogP contribution in [0.25, 0.3) is 0 Å². The summed E-state index contributed by atoms with van der Waals surface area (Å²) in [5.41, 5.74) is -0.963. The third-order valence-corrected chi connectivity index (χ3v) is 3.38. The van der Waals surface area contributed by atoms with E-state index in [9.17, 15) is 9.90 Å². The maximum Gasteiger partial charge on any atom is 0.323 e. The Morgan fingerprint density at radius 3 is 2.29 bits per heavy atom. The molecule has 0 aromatic carbocycles. The van der Waals surface area contributed by atoms with Gasteiger partial charge in [-0.1, -0.05) is 13.8 Å². The molecule has 0 amide bonds. The molecule has 0 fully saturated rings. The summed E-state index contributed by atoms with van der Waals surface area (Å²) in [7, 11) is 0. The van der Waals surface area contributed by atoms with Gasteiger partial charge in [-0.15, -0.1) is 0 Å². The van der Waals surface area contributed by atoms with Crippen molar-refractivity contribution in [3.8, 4) is 0 Å². The molecule has 0 aliphatic rings. The minimum atomic E-state index is -0.818. The fourth-order valence-corrected chi connectivity index (χ4v) is 2.07. The normalized spacial score (nSPS) is 14.9. The average Bonchev–Trinajstić information content (AvgIpc) is 2.39. The van der Waals surface area contributed by atoms with Gasteiger partial charge >= 0.3 is 5.97 Å². The van der Waals surface area contributed by atoms with Crippen LogP contribution in [-0.4, -0.2) is 48.6 Å². The molecule has 21 heavy (non-hydrogen) atoms. The molecule has 0 aromatic rings. The second-order valence-corrected chi connectivity index (χ2v) is 6.34. The van der Waals surface area contributed by atoms with Gasteiger partial charge in [0.05, 0.1) is 18.8 Å². The smallest absolute Gasteiger partial charge is 0.323 e. The van der Waals surface area contributed by atoms with Crippen LogP contribution < -0.4 is 5.32 Å². The molecule has 5 nitrogen and oxygen atoms in total. The van der Waals surface area contributed by atoms with Gasteiger partial charge < -0.3 is 19.9 Å². The lowest BCUT2D eigenvalue weighted by Crippen LogP contribution is -2.52. The van der Waals surface area contributed by atoms with E-state index in [2.05, 4.69) is 5.32 Å². The minimum Gasteiger partial charge on any atom is -0.480 e. The van der Waals surface area contributed by atoms with Crippen molar-refractivity contribution >= 4 is 5.97 Å². The third-order valence-electron chi connectivity index (χ3n) is 3.38. The van der Waals surface area contributed by atoms with Crippen LogP contribution in [0, 0.1) is 0 Å². The Morgan fingerprint density at radius 2 is 1.81 bits per heavy atom. The van der Waals surface area contributed by atoms with E-state index in [0.717, 1.165) is 19.4 Å². The van der Waals surface area contributed by atoms with Crippen molar-refractivity contribution in [1.82, 2.24) is 5.32 Å². The highest BCUT2D eigenvalue weighted by Gasteiger charge is 2.35. The van der Waals surface area contributed by atoms with E-state index in [1.54, 1.807) is 0 Å². The largest absolute Gasteiger partial charge is 0.480 e. The third kappa shape index (κ3) is 9.06. The first-order valence-corrected chi connectivity index (χ1v) is 7.97. The van der Waals surface area contributed by atoms with Crippen LogP contribution in [0.15, 0.2) is 0 Å². The Balaban J connectivity index is 3.96. The first-order valence-electron chi connectivity index (χ1n) is 7.97. The van der Waals surface area contributed by atoms with Crippen LogP contribution in [0.1, 0.15) is 60.3 Å². The van der Waals surface area contributed by atoms with Crippen LogP contribution >= 0.6 is 0 Å². The van der Waals surface area contributed by atoms with E-state index in [1.807, 2.05) is 34.6 Å². The van der Waals surface area contributed by atoms with Crippen molar-refractivity contribution in [2.75, 3.05) is 26.4 Å². The summed E-state index contributed by atoms with van der Waals surface area (Å²) >= 11 is 0. The van der Waals surface area contributed by atoms with Crippen molar-refractivity contribution in [1.29, 1.82) is 0 Å². The lowest BCUT2D eigenvalue weighted by Gasteiger charge is -2.29. The highest BCUT2D eigenvalue weighted by molar-refractivity contribution is 5.78. The molecule has 0 radical (unpaired) electrons. The maximum absolute atomic E-state index is 11.5. The van der Waals surface area contributed by atoms with E-state index in [-0.39, 0.29) is 5.60 Å². The predicted octanol–water partition coefficient (Wildman–Crippen LogP) is 2.83. The Kier molecular flexibility index (Phi) is 9.83. The van der Waals surface area contributed by atoms with E-state index in [4.69, 9.17) is 9.47 Å². The van der Waals surface area contributed by atoms with Crippen molar-refractivity contribution in [2.45, 2.75) is 71.4 Å². The Morgan fingerprint density at radius 1 is 1.14 bits per heavy atom. The number of nitrogens with one attached hydrogen (secondary N) is 1. The van der Waals surface area contributed by atoms with E-state index in [0.29, 0.717) is 32.7 Å². The number of carboxylic acids is 1. The zero-order valence-electron chi connectivity index (χ0n) is 14.3. The van der Waals surface area contributed by atoms with Crippen molar-refractivity contribution < 1.29 is 19.4 Å². The van der Waals surface area contributed by atoms with Gasteiger partial charge in [-0.25, -0.2) is 0 Å². The lowest BCUT2D eigenvalue weighted by molar-refractivity contribution is -0.145. The molecule has 0 spiro atoms. The quantitative estimate of drug-likeness (QED) is 0.543. The number of ether oxygens (including phenoxy) is 2. The van der Waals surface area contributed by atoms with Gasteiger partial charge in [-0.3, -0.25) is 4.79 Å². The molecule has 0 saturated carbocycles. The first kappa shape index (κ1) is 20.3. The molecule has 0 aliphatic carbocycles. The van der Waals surface area contributed by atoms with E-state index >= 15 is 0 Å². The van der Waals surface area contributed by atoms with Crippen LogP contribution in [0.2, 0.25) is 0 Å². The Bertz CT molecular complexity index is 288. The minimum absolute atomic E-state index is 0.145. The number of hydrogen-bond acceptors (Lipinski definition) is 4. The summed E-state index contributed by atoms with van der Waals surface area (Å²) in [5.74, 6) is -0.769.